The summed E-state index contributed by atoms with van der Waals surface area (Å²) in [7, 11) is 1.38. The molecule has 1 unspecified atom stereocenters. The maximum atomic E-state index is 12.6. The van der Waals surface area contributed by atoms with Crippen LogP contribution >= 0.6 is 0 Å². The van der Waals surface area contributed by atoms with Crippen molar-refractivity contribution >= 4 is 17.6 Å². The lowest BCUT2D eigenvalue weighted by Gasteiger charge is -2.24. The maximum Gasteiger partial charge on any atom is 0.309 e. The Morgan fingerprint density at radius 2 is 1.78 bits per heavy atom. The molecule has 5 heteroatoms. The molecule has 144 valence electrons. The smallest absolute Gasteiger partial charge is 0.309 e. The molecular formula is C22H28N2O3. The maximum absolute atomic E-state index is 12.6. The van der Waals surface area contributed by atoms with E-state index in [0.717, 1.165) is 22.4 Å². The second-order valence-electron chi connectivity index (χ2n) is 6.88. The molecule has 2 aromatic carbocycles. The summed E-state index contributed by atoms with van der Waals surface area (Å²) < 4.78 is 4.83. The second-order valence-corrected chi connectivity index (χ2v) is 6.88. The highest BCUT2D eigenvalue weighted by molar-refractivity contribution is 5.93. The van der Waals surface area contributed by atoms with E-state index in [0.29, 0.717) is 13.1 Å². The predicted octanol–water partition coefficient (Wildman–Crippen LogP) is 3.55. The second kappa shape index (κ2) is 9.88. The van der Waals surface area contributed by atoms with E-state index in [4.69, 9.17) is 4.74 Å². The van der Waals surface area contributed by atoms with Crippen molar-refractivity contribution in [3.63, 3.8) is 0 Å². The van der Waals surface area contributed by atoms with Gasteiger partial charge in [-0.2, -0.15) is 0 Å². The van der Waals surface area contributed by atoms with Crippen molar-refractivity contribution < 1.29 is 14.3 Å². The lowest BCUT2D eigenvalue weighted by Crippen LogP contribution is -2.37. The molecule has 1 amide bonds. The van der Waals surface area contributed by atoms with Gasteiger partial charge in [-0.3, -0.25) is 14.5 Å². The average Bonchev–Trinajstić information content (AvgIpc) is 2.65. The molecule has 0 aromatic heterocycles. The largest absolute Gasteiger partial charge is 0.469 e. The number of hydrogen-bond acceptors (Lipinski definition) is 4. The number of esters is 1. The number of amides is 1. The first-order chi connectivity index (χ1) is 12.9. The molecule has 0 aliphatic carbocycles. The van der Waals surface area contributed by atoms with Gasteiger partial charge in [-0.1, -0.05) is 49.4 Å². The topological polar surface area (TPSA) is 58.6 Å². The van der Waals surface area contributed by atoms with E-state index in [-0.39, 0.29) is 24.3 Å². The summed E-state index contributed by atoms with van der Waals surface area (Å²) in [5.41, 5.74) is 4.10. The fourth-order valence-corrected chi connectivity index (χ4v) is 2.97. The van der Waals surface area contributed by atoms with Crippen molar-refractivity contribution in [2.24, 2.45) is 5.92 Å². The summed E-state index contributed by atoms with van der Waals surface area (Å²) in [6.07, 6.45) is 0. The van der Waals surface area contributed by atoms with E-state index < -0.39 is 0 Å². The van der Waals surface area contributed by atoms with Crippen LogP contribution in [0, 0.1) is 19.8 Å². The summed E-state index contributed by atoms with van der Waals surface area (Å²) in [6.45, 7) is 7.05. The summed E-state index contributed by atoms with van der Waals surface area (Å²) in [6, 6.07) is 15.8. The standard InChI is InChI=1S/C22H28N2O3/c1-16-9-8-12-20(18(16)3)23-21(25)15-24(13-17(2)22(26)27-4)14-19-10-6-5-7-11-19/h5-12,17H,13-15H2,1-4H3,(H,23,25). The Hall–Kier alpha value is -2.66. The van der Waals surface area contributed by atoms with Crippen molar-refractivity contribution in [2.45, 2.75) is 27.3 Å². The van der Waals surface area contributed by atoms with Crippen LogP contribution in [0.25, 0.3) is 0 Å². The first-order valence-electron chi connectivity index (χ1n) is 9.11. The first-order valence-corrected chi connectivity index (χ1v) is 9.11. The molecule has 2 aromatic rings. The van der Waals surface area contributed by atoms with E-state index in [1.165, 1.54) is 7.11 Å². The number of carbonyl (C=O) groups excluding carboxylic acids is 2. The molecule has 2 rings (SSSR count). The summed E-state index contributed by atoms with van der Waals surface area (Å²) >= 11 is 0. The minimum Gasteiger partial charge on any atom is -0.469 e. The molecule has 0 saturated heterocycles. The van der Waals surface area contributed by atoms with Gasteiger partial charge in [0.1, 0.15) is 0 Å². The number of methoxy groups -OCH3 is 1. The zero-order valence-corrected chi connectivity index (χ0v) is 16.5. The molecule has 0 fully saturated rings. The third kappa shape index (κ3) is 6.22. The van der Waals surface area contributed by atoms with Crippen molar-refractivity contribution in [3.8, 4) is 0 Å². The van der Waals surface area contributed by atoms with Gasteiger partial charge in [-0.05, 0) is 36.6 Å². The van der Waals surface area contributed by atoms with Crippen LogP contribution in [0.2, 0.25) is 0 Å². The molecule has 0 heterocycles. The molecule has 0 bridgehead atoms. The SMILES string of the molecule is COC(=O)C(C)CN(CC(=O)Nc1cccc(C)c1C)Cc1ccccc1. The van der Waals surface area contributed by atoms with Crippen LogP contribution in [-0.4, -0.2) is 37.0 Å². The molecule has 0 radical (unpaired) electrons. The normalized spacial score (nSPS) is 11.9. The lowest BCUT2D eigenvalue weighted by molar-refractivity contribution is -0.145. The molecule has 1 N–H and O–H groups in total. The number of ether oxygens (including phenoxy) is 1. The van der Waals surface area contributed by atoms with Crippen LogP contribution in [0.15, 0.2) is 48.5 Å². The van der Waals surface area contributed by atoms with Gasteiger partial charge in [0.25, 0.3) is 0 Å². The highest BCUT2D eigenvalue weighted by Crippen LogP contribution is 2.18. The molecular weight excluding hydrogens is 340 g/mol. The number of rotatable bonds is 8. The zero-order chi connectivity index (χ0) is 19.8. The Labute approximate surface area is 161 Å². The highest BCUT2D eigenvalue weighted by atomic mass is 16.5. The van der Waals surface area contributed by atoms with Crippen LogP contribution in [-0.2, 0) is 20.9 Å². The van der Waals surface area contributed by atoms with Crippen molar-refractivity contribution in [1.82, 2.24) is 4.90 Å². The quantitative estimate of drug-likeness (QED) is 0.724. The third-order valence-electron chi connectivity index (χ3n) is 4.63. The van der Waals surface area contributed by atoms with E-state index >= 15 is 0 Å². The molecule has 27 heavy (non-hydrogen) atoms. The monoisotopic (exact) mass is 368 g/mol. The molecule has 0 spiro atoms. The van der Waals surface area contributed by atoms with E-state index in [2.05, 4.69) is 5.32 Å². The van der Waals surface area contributed by atoms with E-state index in [9.17, 15) is 9.59 Å². The minimum absolute atomic E-state index is 0.100. The van der Waals surface area contributed by atoms with Gasteiger partial charge in [0, 0.05) is 18.8 Å². The fraction of sp³-hybridized carbons (Fsp3) is 0.364. The average molecular weight is 368 g/mol. The van der Waals surface area contributed by atoms with Gasteiger partial charge in [0.05, 0.1) is 19.6 Å². The van der Waals surface area contributed by atoms with E-state index in [1.54, 1.807) is 0 Å². The van der Waals surface area contributed by atoms with Crippen molar-refractivity contribution in [3.05, 3.63) is 65.2 Å². The summed E-state index contributed by atoms with van der Waals surface area (Å²) in [5.74, 6) is -0.688. The van der Waals surface area contributed by atoms with Crippen LogP contribution in [0.1, 0.15) is 23.6 Å². The number of anilines is 1. The Morgan fingerprint density at radius 3 is 2.44 bits per heavy atom. The minimum atomic E-state index is -0.313. The van der Waals surface area contributed by atoms with Gasteiger partial charge in [0.2, 0.25) is 5.91 Å². The first kappa shape index (κ1) is 20.6. The van der Waals surface area contributed by atoms with Gasteiger partial charge in [-0.15, -0.1) is 0 Å². The van der Waals surface area contributed by atoms with Gasteiger partial charge in [-0.25, -0.2) is 0 Å². The summed E-state index contributed by atoms with van der Waals surface area (Å²) in [5, 5.41) is 2.99. The number of carbonyl (C=O) groups is 2. The van der Waals surface area contributed by atoms with Gasteiger partial charge >= 0.3 is 5.97 Å². The number of nitrogens with one attached hydrogen (secondary N) is 1. The van der Waals surface area contributed by atoms with Crippen LogP contribution < -0.4 is 5.32 Å². The molecule has 0 aliphatic heterocycles. The third-order valence-corrected chi connectivity index (χ3v) is 4.63. The predicted molar refractivity (Wildman–Crippen MR) is 107 cm³/mol. The number of benzene rings is 2. The summed E-state index contributed by atoms with van der Waals surface area (Å²) in [4.78, 5) is 26.4. The fourth-order valence-electron chi connectivity index (χ4n) is 2.97. The Kier molecular flexibility index (Phi) is 7.55. The van der Waals surface area contributed by atoms with Crippen molar-refractivity contribution in [1.29, 1.82) is 0 Å². The lowest BCUT2D eigenvalue weighted by atomic mass is 10.1. The zero-order valence-electron chi connectivity index (χ0n) is 16.5. The van der Waals surface area contributed by atoms with Gasteiger partial charge < -0.3 is 10.1 Å². The van der Waals surface area contributed by atoms with Crippen molar-refractivity contribution in [2.75, 3.05) is 25.5 Å². The Balaban J connectivity index is 2.08. The van der Waals surface area contributed by atoms with Crippen LogP contribution in [0.5, 0.6) is 0 Å². The van der Waals surface area contributed by atoms with E-state index in [1.807, 2.05) is 74.2 Å². The molecule has 1 atom stereocenters. The Bertz CT molecular complexity index is 774. The number of hydrogen-bond donors (Lipinski definition) is 1. The number of nitrogens with zero attached hydrogens (tertiary/aromatic N) is 1. The van der Waals surface area contributed by atoms with Crippen LogP contribution in [0.4, 0.5) is 5.69 Å². The molecule has 0 saturated carbocycles. The Morgan fingerprint density at radius 1 is 1.07 bits per heavy atom. The highest BCUT2D eigenvalue weighted by Gasteiger charge is 2.20. The van der Waals surface area contributed by atoms with Crippen LogP contribution in [0.3, 0.4) is 0 Å². The molecule has 0 aliphatic rings. The molecule has 5 nitrogen and oxygen atoms in total. The van der Waals surface area contributed by atoms with Gasteiger partial charge in [0.15, 0.2) is 0 Å². The number of aryl methyl sites for hydroxylation is 1.